The molecule has 0 aromatic heterocycles. The van der Waals surface area contributed by atoms with Gasteiger partial charge in [0.05, 0.1) is 10.2 Å². The van der Waals surface area contributed by atoms with E-state index in [1.54, 1.807) is 6.92 Å². The smallest absolute Gasteiger partial charge is 0.154 e. The quantitative estimate of drug-likeness (QED) is 0.845. The van der Waals surface area contributed by atoms with E-state index < -0.39 is 15.1 Å². The molecule has 3 atom stereocenters. The summed E-state index contributed by atoms with van der Waals surface area (Å²) in [4.78, 5) is 0.312. The summed E-state index contributed by atoms with van der Waals surface area (Å²) in [5.41, 5.74) is 7.96. The Hall–Kier alpha value is -0.940. The third-order valence-electron chi connectivity index (χ3n) is 3.87. The molecule has 104 valence electrons. The van der Waals surface area contributed by atoms with E-state index in [4.69, 9.17) is 18.0 Å². The summed E-state index contributed by atoms with van der Waals surface area (Å²) >= 11 is 5.01. The Balaban J connectivity index is 2.30. The number of rotatable bonds is 5. The van der Waals surface area contributed by atoms with Crippen LogP contribution in [0.3, 0.4) is 0 Å². The number of nitrogens with two attached hydrogens (primary N) is 1. The van der Waals surface area contributed by atoms with Crippen LogP contribution >= 0.6 is 12.2 Å². The van der Waals surface area contributed by atoms with E-state index in [2.05, 4.69) is 6.92 Å². The second-order valence-corrected chi connectivity index (χ2v) is 7.88. The summed E-state index contributed by atoms with van der Waals surface area (Å²) < 4.78 is 24.1. The van der Waals surface area contributed by atoms with Gasteiger partial charge in [-0.2, -0.15) is 0 Å². The highest BCUT2D eigenvalue weighted by atomic mass is 32.2. The standard InChI is InChI=1S/C14H19NO2S2/c1-3-9-5-7-10(8-6-9)11-12(14(15)18)13(11)19(16,17)4-2/h5-8,11-13H,3-4H2,1-2H3,(H2,15,18)/t11-,12-,13-/m1/s1. The van der Waals surface area contributed by atoms with E-state index in [1.165, 1.54) is 5.56 Å². The minimum absolute atomic E-state index is 0.0617. The predicted octanol–water partition coefficient (Wildman–Crippen LogP) is 2.05. The van der Waals surface area contributed by atoms with E-state index in [1.807, 2.05) is 24.3 Å². The molecule has 2 rings (SSSR count). The average molecular weight is 297 g/mol. The van der Waals surface area contributed by atoms with E-state index in [-0.39, 0.29) is 17.6 Å². The van der Waals surface area contributed by atoms with Crippen LogP contribution in [0.1, 0.15) is 30.9 Å². The molecule has 0 unspecified atom stereocenters. The fourth-order valence-corrected chi connectivity index (χ4v) is 4.84. The van der Waals surface area contributed by atoms with Gasteiger partial charge in [-0.15, -0.1) is 0 Å². The van der Waals surface area contributed by atoms with Crippen LogP contribution in [0.4, 0.5) is 0 Å². The maximum absolute atomic E-state index is 12.1. The van der Waals surface area contributed by atoms with E-state index in [9.17, 15) is 8.42 Å². The van der Waals surface area contributed by atoms with Gasteiger partial charge >= 0.3 is 0 Å². The molecule has 0 amide bonds. The van der Waals surface area contributed by atoms with Gasteiger partial charge in [0.1, 0.15) is 0 Å². The Morgan fingerprint density at radius 3 is 2.26 bits per heavy atom. The Morgan fingerprint density at radius 1 is 1.26 bits per heavy atom. The van der Waals surface area contributed by atoms with Crippen molar-refractivity contribution in [2.75, 3.05) is 5.75 Å². The molecule has 5 heteroatoms. The monoisotopic (exact) mass is 297 g/mol. The van der Waals surface area contributed by atoms with Crippen LogP contribution in [0.2, 0.25) is 0 Å². The highest BCUT2D eigenvalue weighted by Crippen LogP contribution is 2.52. The summed E-state index contributed by atoms with van der Waals surface area (Å²) in [6, 6.07) is 8.08. The van der Waals surface area contributed by atoms with Crippen LogP contribution in [0.15, 0.2) is 24.3 Å². The lowest BCUT2D eigenvalue weighted by molar-refractivity contribution is 0.594. The van der Waals surface area contributed by atoms with Crippen LogP contribution in [0.25, 0.3) is 0 Å². The van der Waals surface area contributed by atoms with Crippen molar-refractivity contribution in [3.8, 4) is 0 Å². The number of benzene rings is 1. The second-order valence-electron chi connectivity index (χ2n) is 4.97. The molecule has 1 fully saturated rings. The number of hydrogen-bond donors (Lipinski definition) is 1. The Labute approximate surface area is 120 Å². The lowest BCUT2D eigenvalue weighted by Crippen LogP contribution is -2.18. The summed E-state index contributed by atoms with van der Waals surface area (Å²) in [6.07, 6.45) is 0.973. The predicted molar refractivity (Wildman–Crippen MR) is 82.1 cm³/mol. The minimum Gasteiger partial charge on any atom is -0.393 e. The Bertz CT molecular complexity index is 578. The first-order valence-corrected chi connectivity index (χ1v) is 8.64. The van der Waals surface area contributed by atoms with Gasteiger partial charge in [-0.3, -0.25) is 0 Å². The Kier molecular flexibility index (Phi) is 3.97. The lowest BCUT2D eigenvalue weighted by atomic mass is 10.1. The molecule has 0 aliphatic heterocycles. The van der Waals surface area contributed by atoms with Crippen molar-refractivity contribution >= 4 is 27.0 Å². The molecule has 2 N–H and O–H groups in total. The fourth-order valence-electron chi connectivity index (χ4n) is 2.63. The third kappa shape index (κ3) is 2.67. The lowest BCUT2D eigenvalue weighted by Gasteiger charge is -2.02. The van der Waals surface area contributed by atoms with Crippen molar-refractivity contribution in [1.82, 2.24) is 0 Å². The first kappa shape index (κ1) is 14.5. The van der Waals surface area contributed by atoms with Crippen molar-refractivity contribution in [3.05, 3.63) is 35.4 Å². The van der Waals surface area contributed by atoms with Crippen LogP contribution in [-0.2, 0) is 16.3 Å². The van der Waals surface area contributed by atoms with Gasteiger partial charge < -0.3 is 5.73 Å². The van der Waals surface area contributed by atoms with E-state index >= 15 is 0 Å². The highest BCUT2D eigenvalue weighted by Gasteiger charge is 2.59. The molecule has 3 nitrogen and oxygen atoms in total. The summed E-state index contributed by atoms with van der Waals surface area (Å²) in [7, 11) is -3.10. The number of hydrogen-bond acceptors (Lipinski definition) is 3. The molecule has 1 saturated carbocycles. The molecule has 0 radical (unpaired) electrons. The number of thiocarbonyl (C=S) groups is 1. The summed E-state index contributed by atoms with van der Waals surface area (Å²) in [5.74, 6) is -0.124. The molecule has 1 aliphatic rings. The SMILES string of the molecule is CCc1ccc([C@@H]2[C@@H](C(N)=S)[C@@H]2S(=O)(=O)CC)cc1. The summed E-state index contributed by atoms with van der Waals surface area (Å²) in [5, 5.41) is -0.428. The molecule has 1 aromatic carbocycles. The third-order valence-corrected chi connectivity index (χ3v) is 6.37. The average Bonchev–Trinajstić information content (AvgIpc) is 3.15. The molecule has 1 aliphatic carbocycles. The van der Waals surface area contributed by atoms with Crippen LogP contribution < -0.4 is 5.73 Å². The molecular formula is C14H19NO2S2. The molecule has 0 heterocycles. The summed E-state index contributed by atoms with van der Waals surface area (Å²) in [6.45, 7) is 3.76. The Morgan fingerprint density at radius 2 is 1.84 bits per heavy atom. The molecule has 1 aromatic rings. The van der Waals surface area contributed by atoms with Crippen molar-refractivity contribution in [3.63, 3.8) is 0 Å². The van der Waals surface area contributed by atoms with Crippen molar-refractivity contribution in [2.45, 2.75) is 31.4 Å². The zero-order chi connectivity index (χ0) is 14.2. The minimum atomic E-state index is -3.10. The second kappa shape index (κ2) is 5.21. The normalized spacial score (nSPS) is 26.1. The van der Waals surface area contributed by atoms with Crippen molar-refractivity contribution in [1.29, 1.82) is 0 Å². The van der Waals surface area contributed by atoms with Gasteiger partial charge in [0.15, 0.2) is 9.84 Å². The van der Waals surface area contributed by atoms with Gasteiger partial charge in [-0.05, 0) is 17.5 Å². The fraction of sp³-hybridized carbons (Fsp3) is 0.500. The molecule has 0 spiro atoms. The van der Waals surface area contributed by atoms with E-state index in [0.29, 0.717) is 4.99 Å². The van der Waals surface area contributed by atoms with Crippen molar-refractivity contribution in [2.24, 2.45) is 11.7 Å². The molecule has 0 bridgehead atoms. The van der Waals surface area contributed by atoms with Crippen LogP contribution in [0, 0.1) is 5.92 Å². The molecule has 0 saturated heterocycles. The van der Waals surface area contributed by atoms with Crippen molar-refractivity contribution < 1.29 is 8.42 Å². The van der Waals surface area contributed by atoms with Gasteiger partial charge in [-0.25, -0.2) is 8.42 Å². The largest absolute Gasteiger partial charge is 0.393 e. The molecule has 19 heavy (non-hydrogen) atoms. The topological polar surface area (TPSA) is 60.2 Å². The van der Waals surface area contributed by atoms with Gasteiger partial charge in [0.2, 0.25) is 0 Å². The van der Waals surface area contributed by atoms with Gasteiger partial charge in [0.25, 0.3) is 0 Å². The van der Waals surface area contributed by atoms with Gasteiger partial charge in [-0.1, -0.05) is 50.3 Å². The first-order chi connectivity index (χ1) is 8.92. The highest BCUT2D eigenvalue weighted by molar-refractivity contribution is 7.92. The zero-order valence-corrected chi connectivity index (χ0v) is 12.8. The maximum atomic E-state index is 12.1. The number of sulfone groups is 1. The van der Waals surface area contributed by atoms with Gasteiger partial charge in [0, 0.05) is 17.6 Å². The zero-order valence-electron chi connectivity index (χ0n) is 11.2. The van der Waals surface area contributed by atoms with Crippen LogP contribution in [-0.4, -0.2) is 24.4 Å². The number of aryl methyl sites for hydroxylation is 1. The molecular weight excluding hydrogens is 278 g/mol. The first-order valence-electron chi connectivity index (χ1n) is 6.52. The van der Waals surface area contributed by atoms with E-state index in [0.717, 1.165) is 12.0 Å². The van der Waals surface area contributed by atoms with Crippen LogP contribution in [0.5, 0.6) is 0 Å². The maximum Gasteiger partial charge on any atom is 0.154 e.